The summed E-state index contributed by atoms with van der Waals surface area (Å²) < 4.78 is 11.4. The first-order valence-corrected chi connectivity index (χ1v) is 10.6. The molecular weight excluding hydrogens is 422 g/mol. The predicted octanol–water partition coefficient (Wildman–Crippen LogP) is 3.83. The van der Waals surface area contributed by atoms with Crippen LogP contribution in [0.15, 0.2) is 72.8 Å². The largest absolute Gasteiger partial charge is 0.492 e. The van der Waals surface area contributed by atoms with Gasteiger partial charge in [0.05, 0.1) is 6.54 Å². The van der Waals surface area contributed by atoms with Crippen LogP contribution in [-0.4, -0.2) is 46.8 Å². The standard InChI is InChI=1S/C25H25N3O5/c26-25(30)28(31)14-15-32-22-10-11-23-19(16-22)12-13-27(24(23)29)17-18-6-8-21(9-7-18)33-20-4-2-1-3-5-20/h1-11,16,31H,12-15,17H2,(H2,26,30). The van der Waals surface area contributed by atoms with E-state index in [1.54, 1.807) is 12.1 Å². The molecule has 170 valence electrons. The van der Waals surface area contributed by atoms with Gasteiger partial charge < -0.3 is 20.1 Å². The molecule has 1 aliphatic heterocycles. The zero-order valence-corrected chi connectivity index (χ0v) is 18.0. The molecule has 1 heterocycles. The van der Waals surface area contributed by atoms with Gasteiger partial charge in [0, 0.05) is 18.7 Å². The molecule has 3 N–H and O–H groups in total. The van der Waals surface area contributed by atoms with Gasteiger partial charge in [-0.2, -0.15) is 0 Å². The van der Waals surface area contributed by atoms with Crippen LogP contribution in [0, 0.1) is 0 Å². The van der Waals surface area contributed by atoms with Gasteiger partial charge >= 0.3 is 6.03 Å². The minimum atomic E-state index is -0.937. The van der Waals surface area contributed by atoms with Crippen LogP contribution in [0.5, 0.6) is 17.2 Å². The average molecular weight is 447 g/mol. The van der Waals surface area contributed by atoms with Crippen molar-refractivity contribution in [2.24, 2.45) is 5.73 Å². The predicted molar refractivity (Wildman–Crippen MR) is 121 cm³/mol. The number of urea groups is 1. The lowest BCUT2D eigenvalue weighted by molar-refractivity contribution is -0.0464. The van der Waals surface area contributed by atoms with Crippen molar-refractivity contribution in [2.75, 3.05) is 19.7 Å². The molecule has 0 aromatic heterocycles. The van der Waals surface area contributed by atoms with Crippen LogP contribution in [0.3, 0.4) is 0 Å². The highest BCUT2D eigenvalue weighted by Crippen LogP contribution is 2.26. The second kappa shape index (κ2) is 10.1. The quantitative estimate of drug-likeness (QED) is 0.403. The molecule has 0 spiro atoms. The number of para-hydroxylation sites is 1. The molecule has 0 radical (unpaired) electrons. The number of hydrogen-bond acceptors (Lipinski definition) is 5. The number of amides is 3. The van der Waals surface area contributed by atoms with E-state index in [1.807, 2.05) is 65.6 Å². The maximum Gasteiger partial charge on any atom is 0.338 e. The number of ether oxygens (including phenoxy) is 2. The molecule has 8 heteroatoms. The summed E-state index contributed by atoms with van der Waals surface area (Å²) in [7, 11) is 0. The molecule has 0 unspecified atom stereocenters. The number of nitrogens with zero attached hydrogens (tertiary/aromatic N) is 2. The summed E-state index contributed by atoms with van der Waals surface area (Å²) in [6, 6.07) is 21.7. The molecule has 0 atom stereocenters. The van der Waals surface area contributed by atoms with Crippen LogP contribution in [0.2, 0.25) is 0 Å². The van der Waals surface area contributed by atoms with Crippen LogP contribution in [0.1, 0.15) is 21.5 Å². The molecule has 3 aromatic rings. The lowest BCUT2D eigenvalue weighted by atomic mass is 9.98. The van der Waals surface area contributed by atoms with Crippen LogP contribution in [-0.2, 0) is 13.0 Å². The molecule has 0 fully saturated rings. The molecule has 3 aromatic carbocycles. The van der Waals surface area contributed by atoms with Gasteiger partial charge in [-0.1, -0.05) is 30.3 Å². The van der Waals surface area contributed by atoms with Crippen LogP contribution >= 0.6 is 0 Å². The first-order chi connectivity index (χ1) is 16.0. The monoisotopic (exact) mass is 447 g/mol. The maximum atomic E-state index is 13.0. The maximum absolute atomic E-state index is 13.0. The summed E-state index contributed by atoms with van der Waals surface area (Å²) in [6.07, 6.45) is 0.709. The number of primary amides is 1. The van der Waals surface area contributed by atoms with E-state index < -0.39 is 6.03 Å². The van der Waals surface area contributed by atoms with Crippen LogP contribution in [0.4, 0.5) is 4.79 Å². The smallest absolute Gasteiger partial charge is 0.338 e. The Morgan fingerprint density at radius 2 is 1.70 bits per heavy atom. The Morgan fingerprint density at radius 3 is 2.42 bits per heavy atom. The van der Waals surface area contributed by atoms with Crippen LogP contribution in [0.25, 0.3) is 0 Å². The van der Waals surface area contributed by atoms with E-state index >= 15 is 0 Å². The number of hydrogen-bond donors (Lipinski definition) is 2. The molecule has 8 nitrogen and oxygen atoms in total. The third-order valence-electron chi connectivity index (χ3n) is 5.35. The average Bonchev–Trinajstić information content (AvgIpc) is 2.82. The molecule has 0 bridgehead atoms. The Morgan fingerprint density at radius 1 is 1.00 bits per heavy atom. The van der Waals surface area contributed by atoms with E-state index in [9.17, 15) is 14.8 Å². The first kappa shape index (κ1) is 22.2. The van der Waals surface area contributed by atoms with Gasteiger partial charge in [-0.15, -0.1) is 0 Å². The molecule has 0 saturated heterocycles. The summed E-state index contributed by atoms with van der Waals surface area (Å²) in [4.78, 5) is 25.6. The second-order valence-corrected chi connectivity index (χ2v) is 7.66. The van der Waals surface area contributed by atoms with Crippen molar-refractivity contribution in [1.29, 1.82) is 0 Å². The van der Waals surface area contributed by atoms with Gasteiger partial charge in [0.2, 0.25) is 0 Å². The van der Waals surface area contributed by atoms with Gasteiger partial charge in [0.15, 0.2) is 0 Å². The van der Waals surface area contributed by atoms with E-state index in [4.69, 9.17) is 15.2 Å². The van der Waals surface area contributed by atoms with Crippen molar-refractivity contribution in [1.82, 2.24) is 9.96 Å². The molecule has 1 aliphatic rings. The highest BCUT2D eigenvalue weighted by atomic mass is 16.5. The van der Waals surface area contributed by atoms with Gasteiger partial charge in [-0.05, 0) is 60.0 Å². The Hall–Kier alpha value is -4.04. The van der Waals surface area contributed by atoms with Crippen molar-refractivity contribution in [3.05, 3.63) is 89.5 Å². The van der Waals surface area contributed by atoms with E-state index in [0.29, 0.717) is 35.9 Å². The van der Waals surface area contributed by atoms with Crippen molar-refractivity contribution in [3.63, 3.8) is 0 Å². The molecule has 0 saturated carbocycles. The molecule has 33 heavy (non-hydrogen) atoms. The summed E-state index contributed by atoms with van der Waals surface area (Å²) in [5, 5.41) is 9.67. The molecule has 0 aliphatic carbocycles. The van der Waals surface area contributed by atoms with Gasteiger partial charge in [-0.25, -0.2) is 9.86 Å². The fraction of sp³-hybridized carbons (Fsp3) is 0.200. The molecule has 3 amide bonds. The Balaban J connectivity index is 1.34. The summed E-state index contributed by atoms with van der Waals surface area (Å²) in [6.45, 7) is 1.15. The van der Waals surface area contributed by atoms with Gasteiger partial charge in [-0.3, -0.25) is 10.0 Å². The van der Waals surface area contributed by atoms with Crippen molar-refractivity contribution in [3.8, 4) is 17.2 Å². The van der Waals surface area contributed by atoms with E-state index in [0.717, 1.165) is 22.6 Å². The third kappa shape index (κ3) is 5.61. The lowest BCUT2D eigenvalue weighted by Gasteiger charge is -2.29. The summed E-state index contributed by atoms with van der Waals surface area (Å²) in [5.41, 5.74) is 7.55. The Labute approximate surface area is 191 Å². The Kier molecular flexibility index (Phi) is 6.75. The zero-order chi connectivity index (χ0) is 23.2. The van der Waals surface area contributed by atoms with Crippen LogP contribution < -0.4 is 15.2 Å². The normalized spacial score (nSPS) is 12.8. The third-order valence-corrected chi connectivity index (χ3v) is 5.35. The second-order valence-electron chi connectivity index (χ2n) is 7.66. The first-order valence-electron chi connectivity index (χ1n) is 10.6. The van der Waals surface area contributed by atoms with Crippen molar-refractivity contribution >= 4 is 11.9 Å². The number of hydroxylamine groups is 2. The lowest BCUT2D eigenvalue weighted by Crippen LogP contribution is -2.37. The summed E-state index contributed by atoms with van der Waals surface area (Å²) >= 11 is 0. The van der Waals surface area contributed by atoms with Gasteiger partial charge in [0.25, 0.3) is 5.91 Å². The minimum absolute atomic E-state index is 0.0253. The number of carbonyl (C=O) groups excluding carboxylic acids is 2. The Bertz CT molecular complexity index is 1120. The highest BCUT2D eigenvalue weighted by molar-refractivity contribution is 5.96. The van der Waals surface area contributed by atoms with E-state index in [2.05, 4.69) is 0 Å². The number of benzene rings is 3. The topological polar surface area (TPSA) is 105 Å². The van der Waals surface area contributed by atoms with E-state index in [1.165, 1.54) is 0 Å². The number of carbonyl (C=O) groups is 2. The number of fused-ring (bicyclic) bond motifs is 1. The highest BCUT2D eigenvalue weighted by Gasteiger charge is 2.24. The SMILES string of the molecule is NC(=O)N(O)CCOc1ccc2c(c1)CCN(Cc1ccc(Oc3ccccc3)cc1)C2=O. The van der Waals surface area contributed by atoms with Gasteiger partial charge in [0.1, 0.15) is 23.9 Å². The summed E-state index contributed by atoms with van der Waals surface area (Å²) in [5.74, 6) is 2.07. The fourth-order valence-electron chi connectivity index (χ4n) is 3.62. The molecule has 4 rings (SSSR count). The number of nitrogens with two attached hydrogens (primary N) is 1. The van der Waals surface area contributed by atoms with E-state index in [-0.39, 0.29) is 19.1 Å². The minimum Gasteiger partial charge on any atom is -0.492 e. The zero-order valence-electron chi connectivity index (χ0n) is 18.0. The number of rotatable bonds is 8. The van der Waals surface area contributed by atoms with Crippen molar-refractivity contribution in [2.45, 2.75) is 13.0 Å². The van der Waals surface area contributed by atoms with Crippen molar-refractivity contribution < 1.29 is 24.3 Å². The molecular formula is C25H25N3O5. The fourth-order valence-corrected chi connectivity index (χ4v) is 3.62.